The highest BCUT2D eigenvalue weighted by Gasteiger charge is 2.14. The molecule has 4 aromatic rings. The van der Waals surface area contributed by atoms with E-state index in [0.29, 0.717) is 12.2 Å². The zero-order valence-corrected chi connectivity index (χ0v) is 15.6. The number of rotatable bonds is 5. The molecule has 0 aliphatic heterocycles. The molecule has 3 heterocycles. The Labute approximate surface area is 161 Å². The van der Waals surface area contributed by atoms with Crippen LogP contribution < -0.4 is 5.32 Å². The van der Waals surface area contributed by atoms with Gasteiger partial charge in [-0.2, -0.15) is 16.4 Å². The van der Waals surface area contributed by atoms with Crippen molar-refractivity contribution in [3.63, 3.8) is 0 Å². The fraction of sp³-hybridized carbons (Fsp3) is 0.0952. The molecule has 0 aliphatic rings. The van der Waals surface area contributed by atoms with Gasteiger partial charge in [0, 0.05) is 37.1 Å². The minimum absolute atomic E-state index is 0.159. The molecule has 0 spiro atoms. The number of carbonyl (C=O) groups is 1. The molecule has 27 heavy (non-hydrogen) atoms. The second-order valence-electron chi connectivity index (χ2n) is 6.18. The van der Waals surface area contributed by atoms with E-state index in [4.69, 9.17) is 0 Å². The van der Waals surface area contributed by atoms with Gasteiger partial charge in [-0.25, -0.2) is 0 Å². The van der Waals surface area contributed by atoms with Gasteiger partial charge in [0.15, 0.2) is 0 Å². The number of aromatic nitrogens is 3. The molecular weight excluding hydrogens is 356 g/mol. The van der Waals surface area contributed by atoms with E-state index < -0.39 is 0 Å². The Bertz CT molecular complexity index is 1060. The van der Waals surface area contributed by atoms with Crippen molar-refractivity contribution in [2.45, 2.75) is 6.54 Å². The summed E-state index contributed by atoms with van der Waals surface area (Å²) in [6.07, 6.45) is 3.61. The normalized spacial score (nSPS) is 10.7. The number of nitrogens with zero attached hydrogens (tertiary/aromatic N) is 3. The fourth-order valence-electron chi connectivity index (χ4n) is 2.87. The van der Waals surface area contributed by atoms with Crippen molar-refractivity contribution in [3.8, 4) is 22.4 Å². The Kier molecular flexibility index (Phi) is 4.80. The summed E-state index contributed by atoms with van der Waals surface area (Å²) in [4.78, 5) is 16.9. The Morgan fingerprint density at radius 1 is 1.07 bits per heavy atom. The van der Waals surface area contributed by atoms with Crippen molar-refractivity contribution < 1.29 is 4.79 Å². The predicted octanol–water partition coefficient (Wildman–Crippen LogP) is 4.14. The number of thiophene rings is 1. The van der Waals surface area contributed by atoms with Gasteiger partial charge in [0.1, 0.15) is 5.69 Å². The quantitative estimate of drug-likeness (QED) is 0.571. The van der Waals surface area contributed by atoms with Gasteiger partial charge in [0.25, 0.3) is 5.91 Å². The lowest BCUT2D eigenvalue weighted by Crippen LogP contribution is -2.25. The first-order chi connectivity index (χ1) is 13.2. The van der Waals surface area contributed by atoms with Crippen LogP contribution in [0.1, 0.15) is 16.1 Å². The summed E-state index contributed by atoms with van der Waals surface area (Å²) in [5.74, 6) is -0.159. The molecule has 1 aromatic carbocycles. The van der Waals surface area contributed by atoms with Gasteiger partial charge >= 0.3 is 0 Å². The van der Waals surface area contributed by atoms with Crippen molar-refractivity contribution in [1.29, 1.82) is 0 Å². The molecule has 1 N–H and O–H groups in total. The summed E-state index contributed by atoms with van der Waals surface area (Å²) in [6, 6.07) is 15.7. The molecule has 0 saturated heterocycles. The lowest BCUT2D eigenvalue weighted by Gasteiger charge is -2.06. The molecular formula is C21H18N4OS. The third-order valence-electron chi connectivity index (χ3n) is 4.28. The van der Waals surface area contributed by atoms with Crippen molar-refractivity contribution in [2.24, 2.45) is 7.05 Å². The maximum absolute atomic E-state index is 12.6. The predicted molar refractivity (Wildman–Crippen MR) is 107 cm³/mol. The van der Waals surface area contributed by atoms with Crippen LogP contribution >= 0.6 is 11.3 Å². The number of aryl methyl sites for hydroxylation is 1. The summed E-state index contributed by atoms with van der Waals surface area (Å²) in [5.41, 5.74) is 5.44. The van der Waals surface area contributed by atoms with Gasteiger partial charge in [0.05, 0.1) is 5.69 Å². The number of hydrogen-bond donors (Lipinski definition) is 1. The minimum Gasteiger partial charge on any atom is -0.347 e. The van der Waals surface area contributed by atoms with Gasteiger partial charge in [-0.15, -0.1) is 0 Å². The van der Waals surface area contributed by atoms with E-state index in [1.807, 2.05) is 54.0 Å². The van der Waals surface area contributed by atoms with Crippen LogP contribution in [0.5, 0.6) is 0 Å². The van der Waals surface area contributed by atoms with Gasteiger partial charge in [0.2, 0.25) is 0 Å². The molecule has 4 rings (SSSR count). The number of nitrogens with one attached hydrogen (secondary N) is 1. The van der Waals surface area contributed by atoms with Crippen molar-refractivity contribution >= 4 is 17.2 Å². The Balaban J connectivity index is 1.47. The first-order valence-electron chi connectivity index (χ1n) is 8.55. The first kappa shape index (κ1) is 17.2. The molecule has 0 unspecified atom stereocenters. The van der Waals surface area contributed by atoms with Gasteiger partial charge in [-0.05, 0) is 40.1 Å². The van der Waals surface area contributed by atoms with Crippen LogP contribution in [0.3, 0.4) is 0 Å². The molecule has 0 atom stereocenters. The van der Waals surface area contributed by atoms with Crippen LogP contribution in [0.4, 0.5) is 0 Å². The van der Waals surface area contributed by atoms with E-state index in [2.05, 4.69) is 26.8 Å². The van der Waals surface area contributed by atoms with E-state index >= 15 is 0 Å². The molecule has 0 aliphatic carbocycles. The SMILES string of the molecule is Cn1nc(-c2ccccc2)cc1C(=O)NCc1cncc(-c2ccsc2)c1. The number of pyridine rings is 1. The second-order valence-corrected chi connectivity index (χ2v) is 6.96. The highest BCUT2D eigenvalue weighted by atomic mass is 32.1. The van der Waals surface area contributed by atoms with Gasteiger partial charge in [-0.1, -0.05) is 30.3 Å². The average molecular weight is 374 g/mol. The van der Waals surface area contributed by atoms with E-state index in [1.54, 1.807) is 29.3 Å². The summed E-state index contributed by atoms with van der Waals surface area (Å²) in [5, 5.41) is 11.5. The Morgan fingerprint density at radius 3 is 2.70 bits per heavy atom. The second kappa shape index (κ2) is 7.55. The topological polar surface area (TPSA) is 59.8 Å². The molecule has 0 saturated carbocycles. The maximum Gasteiger partial charge on any atom is 0.269 e. The van der Waals surface area contributed by atoms with E-state index in [-0.39, 0.29) is 5.91 Å². The third-order valence-corrected chi connectivity index (χ3v) is 4.97. The maximum atomic E-state index is 12.6. The van der Waals surface area contributed by atoms with Crippen molar-refractivity contribution in [2.75, 3.05) is 0 Å². The third kappa shape index (κ3) is 3.80. The van der Waals surface area contributed by atoms with Crippen LogP contribution in [0, 0.1) is 0 Å². The highest BCUT2D eigenvalue weighted by molar-refractivity contribution is 7.08. The summed E-state index contributed by atoms with van der Waals surface area (Å²) in [7, 11) is 1.78. The molecule has 0 bridgehead atoms. The molecule has 0 radical (unpaired) electrons. The molecule has 0 fully saturated rings. The zero-order chi connectivity index (χ0) is 18.6. The van der Waals surface area contributed by atoms with Crippen LogP contribution in [-0.2, 0) is 13.6 Å². The van der Waals surface area contributed by atoms with E-state index in [1.165, 1.54) is 0 Å². The Morgan fingerprint density at radius 2 is 1.93 bits per heavy atom. The monoisotopic (exact) mass is 374 g/mol. The number of benzene rings is 1. The minimum atomic E-state index is -0.159. The Hall–Kier alpha value is -3.25. The van der Waals surface area contributed by atoms with Crippen LogP contribution in [0.15, 0.2) is 71.7 Å². The smallest absolute Gasteiger partial charge is 0.269 e. The fourth-order valence-corrected chi connectivity index (χ4v) is 3.54. The van der Waals surface area contributed by atoms with E-state index in [9.17, 15) is 4.79 Å². The summed E-state index contributed by atoms with van der Waals surface area (Å²) < 4.78 is 1.61. The molecule has 6 heteroatoms. The molecule has 1 amide bonds. The molecule has 134 valence electrons. The van der Waals surface area contributed by atoms with Crippen LogP contribution in [-0.4, -0.2) is 20.7 Å². The standard InChI is InChI=1S/C21H18N4OS/c1-25-20(10-19(24-25)16-5-3-2-4-6-16)21(26)23-12-15-9-18(13-22-11-15)17-7-8-27-14-17/h2-11,13-14H,12H2,1H3,(H,23,26). The summed E-state index contributed by atoms with van der Waals surface area (Å²) in [6.45, 7) is 0.412. The van der Waals surface area contributed by atoms with Crippen LogP contribution in [0.2, 0.25) is 0 Å². The largest absolute Gasteiger partial charge is 0.347 e. The molecule has 3 aromatic heterocycles. The first-order valence-corrected chi connectivity index (χ1v) is 9.49. The summed E-state index contributed by atoms with van der Waals surface area (Å²) >= 11 is 1.65. The van der Waals surface area contributed by atoms with Crippen molar-refractivity contribution in [1.82, 2.24) is 20.1 Å². The number of carbonyl (C=O) groups excluding carboxylic acids is 1. The number of hydrogen-bond acceptors (Lipinski definition) is 4. The van der Waals surface area contributed by atoms with Crippen LogP contribution in [0.25, 0.3) is 22.4 Å². The molecule has 5 nitrogen and oxygen atoms in total. The van der Waals surface area contributed by atoms with Gasteiger partial charge in [-0.3, -0.25) is 14.5 Å². The van der Waals surface area contributed by atoms with Gasteiger partial charge < -0.3 is 5.32 Å². The lowest BCUT2D eigenvalue weighted by atomic mass is 10.1. The zero-order valence-electron chi connectivity index (χ0n) is 14.8. The lowest BCUT2D eigenvalue weighted by molar-refractivity contribution is 0.0941. The highest BCUT2D eigenvalue weighted by Crippen LogP contribution is 2.22. The number of amides is 1. The van der Waals surface area contributed by atoms with Crippen molar-refractivity contribution in [3.05, 3.63) is 82.9 Å². The van der Waals surface area contributed by atoms with E-state index in [0.717, 1.165) is 27.9 Å². The average Bonchev–Trinajstić information content (AvgIpc) is 3.37.